The van der Waals surface area contributed by atoms with Gasteiger partial charge in [0.25, 0.3) is 5.91 Å². The summed E-state index contributed by atoms with van der Waals surface area (Å²) in [7, 11) is -3.72. The summed E-state index contributed by atoms with van der Waals surface area (Å²) in [4.78, 5) is 15.2. The second kappa shape index (κ2) is 8.92. The van der Waals surface area contributed by atoms with Crippen LogP contribution in [-0.2, 0) is 16.6 Å². The largest absolute Gasteiger partial charge is 0.486 e. The van der Waals surface area contributed by atoms with Gasteiger partial charge in [0, 0.05) is 12.1 Å². The average molecular weight is 469 g/mol. The molecule has 1 amide bonds. The van der Waals surface area contributed by atoms with E-state index in [1.165, 1.54) is 18.4 Å². The summed E-state index contributed by atoms with van der Waals surface area (Å²) in [5.41, 5.74) is 1.45. The Labute approximate surface area is 192 Å². The van der Waals surface area contributed by atoms with Crippen LogP contribution in [0.15, 0.2) is 70.2 Å². The Morgan fingerprint density at radius 2 is 1.82 bits per heavy atom. The fraction of sp³-hybridized carbons (Fsp3) is 0.292. The SMILES string of the molecule is O=C(c1ccc(S(=O)(=O)NCc2ccco2)cc1)N1CCCC1c1ccc2c(c1)OCCO2. The van der Waals surface area contributed by atoms with Gasteiger partial charge in [-0.2, -0.15) is 0 Å². The van der Waals surface area contributed by atoms with Crippen LogP contribution < -0.4 is 14.2 Å². The van der Waals surface area contributed by atoms with Crippen LogP contribution in [0.2, 0.25) is 0 Å². The van der Waals surface area contributed by atoms with E-state index in [1.54, 1.807) is 24.3 Å². The molecule has 5 rings (SSSR count). The van der Waals surface area contributed by atoms with E-state index in [0.717, 1.165) is 24.2 Å². The van der Waals surface area contributed by atoms with Crippen molar-refractivity contribution in [1.29, 1.82) is 0 Å². The Balaban J connectivity index is 1.30. The molecule has 0 spiro atoms. The number of hydrogen-bond donors (Lipinski definition) is 1. The third kappa shape index (κ3) is 4.46. The molecule has 1 aromatic heterocycles. The van der Waals surface area contributed by atoms with Crippen molar-refractivity contribution in [3.05, 3.63) is 77.7 Å². The van der Waals surface area contributed by atoms with Gasteiger partial charge in [-0.15, -0.1) is 0 Å². The predicted molar refractivity (Wildman–Crippen MR) is 120 cm³/mol. The van der Waals surface area contributed by atoms with Gasteiger partial charge >= 0.3 is 0 Å². The minimum atomic E-state index is -3.72. The van der Waals surface area contributed by atoms with E-state index in [1.807, 2.05) is 23.1 Å². The van der Waals surface area contributed by atoms with Crippen molar-refractivity contribution >= 4 is 15.9 Å². The third-order valence-corrected chi connectivity index (χ3v) is 7.31. The molecule has 2 aromatic carbocycles. The van der Waals surface area contributed by atoms with Crippen LogP contribution in [0.3, 0.4) is 0 Å². The van der Waals surface area contributed by atoms with E-state index < -0.39 is 10.0 Å². The molecule has 2 aliphatic rings. The number of fused-ring (bicyclic) bond motifs is 1. The van der Waals surface area contributed by atoms with E-state index in [2.05, 4.69) is 4.72 Å². The second-order valence-electron chi connectivity index (χ2n) is 7.99. The molecule has 172 valence electrons. The molecule has 0 bridgehead atoms. The standard InChI is InChI=1S/C24H24N2O6S/c27-24(17-5-8-20(9-6-17)33(28,29)25-16-19-3-2-12-30-19)26-11-1-4-21(26)18-7-10-22-23(15-18)32-14-13-31-22/h2-3,5-10,12,15,21,25H,1,4,11,13-14,16H2. The number of hydrogen-bond acceptors (Lipinski definition) is 6. The van der Waals surface area contributed by atoms with Crippen LogP contribution in [0.4, 0.5) is 0 Å². The van der Waals surface area contributed by atoms with Crippen molar-refractivity contribution in [2.24, 2.45) is 0 Å². The van der Waals surface area contributed by atoms with Crippen LogP contribution >= 0.6 is 0 Å². The highest BCUT2D eigenvalue weighted by atomic mass is 32.2. The van der Waals surface area contributed by atoms with Gasteiger partial charge in [-0.05, 0) is 66.9 Å². The summed E-state index contributed by atoms with van der Waals surface area (Å²) in [5, 5.41) is 0. The number of sulfonamides is 1. The number of rotatable bonds is 6. The zero-order valence-electron chi connectivity index (χ0n) is 17.9. The van der Waals surface area contributed by atoms with Gasteiger partial charge in [0.15, 0.2) is 11.5 Å². The van der Waals surface area contributed by atoms with Gasteiger partial charge in [-0.1, -0.05) is 6.07 Å². The topological polar surface area (TPSA) is 98.1 Å². The van der Waals surface area contributed by atoms with Crippen molar-refractivity contribution in [2.75, 3.05) is 19.8 Å². The fourth-order valence-corrected chi connectivity index (χ4v) is 5.22. The van der Waals surface area contributed by atoms with Gasteiger partial charge in [-0.3, -0.25) is 4.79 Å². The Kier molecular flexibility index (Phi) is 5.82. The average Bonchev–Trinajstić information content (AvgIpc) is 3.54. The van der Waals surface area contributed by atoms with E-state index in [-0.39, 0.29) is 23.4 Å². The molecule has 1 atom stereocenters. The number of nitrogens with one attached hydrogen (secondary N) is 1. The summed E-state index contributed by atoms with van der Waals surface area (Å²) in [6, 6.07) is 15.2. The summed E-state index contributed by atoms with van der Waals surface area (Å²) in [6.07, 6.45) is 3.24. The summed E-state index contributed by atoms with van der Waals surface area (Å²) in [5.74, 6) is 1.82. The lowest BCUT2D eigenvalue weighted by Gasteiger charge is -2.27. The second-order valence-corrected chi connectivity index (χ2v) is 9.75. The molecule has 0 aliphatic carbocycles. The van der Waals surface area contributed by atoms with Crippen molar-refractivity contribution in [1.82, 2.24) is 9.62 Å². The number of carbonyl (C=O) groups excluding carboxylic acids is 1. The van der Waals surface area contributed by atoms with Crippen LogP contribution in [0.5, 0.6) is 11.5 Å². The lowest BCUT2D eigenvalue weighted by atomic mass is 10.0. The monoisotopic (exact) mass is 468 g/mol. The van der Waals surface area contributed by atoms with Crippen LogP contribution in [0.25, 0.3) is 0 Å². The highest BCUT2D eigenvalue weighted by Gasteiger charge is 2.31. The Morgan fingerprint density at radius 1 is 1.03 bits per heavy atom. The van der Waals surface area contributed by atoms with E-state index in [9.17, 15) is 13.2 Å². The quantitative estimate of drug-likeness (QED) is 0.595. The van der Waals surface area contributed by atoms with Gasteiger partial charge in [-0.25, -0.2) is 13.1 Å². The number of carbonyl (C=O) groups is 1. The molecule has 1 saturated heterocycles. The first-order valence-corrected chi connectivity index (χ1v) is 12.3. The highest BCUT2D eigenvalue weighted by molar-refractivity contribution is 7.89. The molecule has 2 aliphatic heterocycles. The highest BCUT2D eigenvalue weighted by Crippen LogP contribution is 2.38. The first-order valence-electron chi connectivity index (χ1n) is 10.8. The zero-order chi connectivity index (χ0) is 22.8. The maximum Gasteiger partial charge on any atom is 0.254 e. The lowest BCUT2D eigenvalue weighted by molar-refractivity contribution is 0.0735. The molecule has 1 N–H and O–H groups in total. The van der Waals surface area contributed by atoms with Crippen LogP contribution in [0, 0.1) is 0 Å². The number of likely N-dealkylation sites (tertiary alicyclic amines) is 1. The zero-order valence-corrected chi connectivity index (χ0v) is 18.7. The Morgan fingerprint density at radius 3 is 2.58 bits per heavy atom. The molecule has 8 nitrogen and oxygen atoms in total. The van der Waals surface area contributed by atoms with Gasteiger partial charge < -0.3 is 18.8 Å². The molecule has 33 heavy (non-hydrogen) atoms. The summed E-state index contributed by atoms with van der Waals surface area (Å²) in [6.45, 7) is 1.74. The maximum atomic E-state index is 13.3. The maximum absolute atomic E-state index is 13.3. The normalized spacial score (nSPS) is 17.8. The van der Waals surface area contributed by atoms with E-state index in [0.29, 0.717) is 36.8 Å². The van der Waals surface area contributed by atoms with Crippen LogP contribution in [-0.4, -0.2) is 39.0 Å². The van der Waals surface area contributed by atoms with Crippen LogP contribution in [0.1, 0.15) is 40.6 Å². The Bertz CT molecular complexity index is 1240. The summed E-state index contributed by atoms with van der Waals surface area (Å²) >= 11 is 0. The smallest absolute Gasteiger partial charge is 0.254 e. The van der Waals surface area contributed by atoms with Gasteiger partial charge in [0.2, 0.25) is 10.0 Å². The Hall–Kier alpha value is -3.30. The van der Waals surface area contributed by atoms with Crippen molar-refractivity contribution < 1.29 is 27.1 Å². The minimum Gasteiger partial charge on any atom is -0.486 e. The number of furan rings is 1. The first-order chi connectivity index (χ1) is 16.0. The molecular formula is C24H24N2O6S. The number of ether oxygens (including phenoxy) is 2. The molecule has 0 radical (unpaired) electrons. The van der Waals surface area contributed by atoms with Crippen molar-refractivity contribution in [3.63, 3.8) is 0 Å². The molecule has 1 fully saturated rings. The van der Waals surface area contributed by atoms with Gasteiger partial charge in [0.05, 0.1) is 23.7 Å². The first kappa shape index (κ1) is 21.5. The molecule has 3 heterocycles. The molecule has 9 heteroatoms. The number of nitrogens with zero attached hydrogens (tertiary/aromatic N) is 1. The predicted octanol–water partition coefficient (Wildman–Crippen LogP) is 3.51. The fourth-order valence-electron chi connectivity index (χ4n) is 4.23. The molecule has 0 saturated carbocycles. The summed E-state index contributed by atoms with van der Waals surface area (Å²) < 4.78 is 44.0. The minimum absolute atomic E-state index is 0.0566. The van der Waals surface area contributed by atoms with E-state index >= 15 is 0 Å². The lowest BCUT2D eigenvalue weighted by Crippen LogP contribution is -2.30. The molecular weight excluding hydrogens is 444 g/mol. The number of benzene rings is 2. The molecule has 3 aromatic rings. The van der Waals surface area contributed by atoms with Gasteiger partial charge in [0.1, 0.15) is 19.0 Å². The number of amides is 1. The molecule has 1 unspecified atom stereocenters. The van der Waals surface area contributed by atoms with Crippen molar-refractivity contribution in [3.8, 4) is 11.5 Å². The van der Waals surface area contributed by atoms with Crippen molar-refractivity contribution in [2.45, 2.75) is 30.3 Å². The van der Waals surface area contributed by atoms with E-state index in [4.69, 9.17) is 13.9 Å². The third-order valence-electron chi connectivity index (χ3n) is 5.89.